The Balaban J connectivity index is 2.28. The topological polar surface area (TPSA) is 83.0 Å². The third kappa shape index (κ3) is 2.08. The first-order valence-corrected chi connectivity index (χ1v) is 6.81. The van der Waals surface area contributed by atoms with E-state index in [1.165, 1.54) is 0 Å². The van der Waals surface area contributed by atoms with E-state index in [1.54, 1.807) is 24.6 Å². The maximum absolute atomic E-state index is 12.0. The molecule has 3 aromatic rings. The molecule has 0 aliphatic heterocycles. The zero-order chi connectivity index (χ0) is 15.0. The zero-order valence-corrected chi connectivity index (χ0v) is 11.9. The summed E-state index contributed by atoms with van der Waals surface area (Å²) in [6.07, 6.45) is 1.67. The lowest BCUT2D eigenvalue weighted by molar-refractivity contribution is -0.146. The van der Waals surface area contributed by atoms with Crippen LogP contribution in [0.3, 0.4) is 0 Å². The first kappa shape index (κ1) is 13.4. The minimum absolute atomic E-state index is 0.281. The van der Waals surface area contributed by atoms with Gasteiger partial charge in [-0.1, -0.05) is 18.2 Å². The predicted octanol–water partition coefficient (Wildman–Crippen LogP) is 2.29. The van der Waals surface area contributed by atoms with E-state index < -0.39 is 6.04 Å². The van der Waals surface area contributed by atoms with Crippen molar-refractivity contribution in [2.45, 2.75) is 19.9 Å². The van der Waals surface area contributed by atoms with Crippen LogP contribution in [-0.2, 0) is 9.53 Å². The summed E-state index contributed by atoms with van der Waals surface area (Å²) >= 11 is 0. The molecule has 0 aliphatic carbocycles. The van der Waals surface area contributed by atoms with Gasteiger partial charge in [-0.05, 0) is 19.9 Å². The molecule has 1 aromatic carbocycles. The molecular formula is C15H16N4O2. The van der Waals surface area contributed by atoms with Crippen LogP contribution in [0, 0.1) is 0 Å². The number of nitrogen functional groups attached to an aromatic ring is 1. The molecule has 0 saturated carbocycles. The number of pyridine rings is 1. The lowest BCUT2D eigenvalue weighted by Crippen LogP contribution is -2.20. The largest absolute Gasteiger partial charge is 0.464 e. The average molecular weight is 284 g/mol. The first-order chi connectivity index (χ1) is 10.1. The van der Waals surface area contributed by atoms with E-state index in [9.17, 15) is 4.79 Å². The van der Waals surface area contributed by atoms with Crippen molar-refractivity contribution in [2.24, 2.45) is 0 Å². The normalized spacial score (nSPS) is 12.7. The summed E-state index contributed by atoms with van der Waals surface area (Å²) in [5.41, 5.74) is 8.30. The number of nitrogens with zero attached hydrogens (tertiary/aromatic N) is 3. The fourth-order valence-corrected chi connectivity index (χ4v) is 2.50. The summed E-state index contributed by atoms with van der Waals surface area (Å²) in [6.45, 7) is 3.86. The molecule has 108 valence electrons. The molecule has 0 bridgehead atoms. The van der Waals surface area contributed by atoms with E-state index >= 15 is 0 Å². The second-order valence-electron chi connectivity index (χ2n) is 4.78. The van der Waals surface area contributed by atoms with E-state index in [0.29, 0.717) is 12.1 Å². The van der Waals surface area contributed by atoms with Crippen molar-refractivity contribution in [3.8, 4) is 0 Å². The average Bonchev–Trinajstić information content (AvgIpc) is 2.83. The van der Waals surface area contributed by atoms with Crippen molar-refractivity contribution in [3.63, 3.8) is 0 Å². The number of anilines is 1. The van der Waals surface area contributed by atoms with E-state index in [4.69, 9.17) is 10.5 Å². The van der Waals surface area contributed by atoms with E-state index in [0.717, 1.165) is 16.4 Å². The van der Waals surface area contributed by atoms with E-state index in [1.807, 2.05) is 24.3 Å². The highest BCUT2D eigenvalue weighted by molar-refractivity contribution is 6.03. The van der Waals surface area contributed by atoms with Gasteiger partial charge in [0.1, 0.15) is 11.6 Å². The molecule has 0 saturated heterocycles. The van der Waals surface area contributed by atoms with Gasteiger partial charge in [-0.2, -0.15) is 0 Å². The van der Waals surface area contributed by atoms with Crippen LogP contribution in [0.4, 0.5) is 5.95 Å². The van der Waals surface area contributed by atoms with Gasteiger partial charge in [0.15, 0.2) is 0 Å². The number of para-hydroxylation sites is 1. The summed E-state index contributed by atoms with van der Waals surface area (Å²) in [4.78, 5) is 20.7. The molecule has 2 N–H and O–H groups in total. The molecule has 21 heavy (non-hydrogen) atoms. The van der Waals surface area contributed by atoms with Crippen molar-refractivity contribution >= 4 is 33.9 Å². The Morgan fingerprint density at radius 3 is 2.90 bits per heavy atom. The van der Waals surface area contributed by atoms with Crippen LogP contribution in [-0.4, -0.2) is 27.1 Å². The maximum Gasteiger partial charge on any atom is 0.328 e. The number of hydrogen-bond donors (Lipinski definition) is 1. The lowest BCUT2D eigenvalue weighted by Gasteiger charge is -2.15. The van der Waals surface area contributed by atoms with Crippen molar-refractivity contribution in [1.29, 1.82) is 0 Å². The molecule has 6 heteroatoms. The number of fused-ring (bicyclic) bond motifs is 3. The van der Waals surface area contributed by atoms with Crippen molar-refractivity contribution in [1.82, 2.24) is 14.5 Å². The van der Waals surface area contributed by atoms with Gasteiger partial charge in [0.2, 0.25) is 5.95 Å². The van der Waals surface area contributed by atoms with Gasteiger partial charge >= 0.3 is 5.97 Å². The molecular weight excluding hydrogens is 268 g/mol. The Bertz CT molecular complexity index is 825. The van der Waals surface area contributed by atoms with Gasteiger partial charge in [0, 0.05) is 5.39 Å². The second-order valence-corrected chi connectivity index (χ2v) is 4.78. The highest BCUT2D eigenvalue weighted by Crippen LogP contribution is 2.29. The summed E-state index contributed by atoms with van der Waals surface area (Å²) < 4.78 is 6.79. The Morgan fingerprint density at radius 2 is 2.14 bits per heavy atom. The number of rotatable bonds is 3. The second kappa shape index (κ2) is 5.05. The summed E-state index contributed by atoms with van der Waals surface area (Å²) in [5, 5.41) is 0.912. The third-order valence-electron chi connectivity index (χ3n) is 3.47. The minimum atomic E-state index is -0.541. The molecule has 3 rings (SSSR count). The van der Waals surface area contributed by atoms with Crippen molar-refractivity contribution in [2.75, 3.05) is 12.3 Å². The monoisotopic (exact) mass is 284 g/mol. The number of imidazole rings is 1. The standard InChI is InChI=1S/C15H16N4O2/c1-3-21-14(20)9(2)19-13-10-6-4-5-7-11(10)17-8-12(13)18-15(19)16/h4-9H,3H2,1-2H3,(H2,16,18). The van der Waals surface area contributed by atoms with E-state index in [2.05, 4.69) is 9.97 Å². The number of carbonyl (C=O) groups excluding carboxylic acids is 1. The quantitative estimate of drug-likeness (QED) is 0.746. The number of aromatic nitrogens is 3. The molecule has 0 fully saturated rings. The highest BCUT2D eigenvalue weighted by Gasteiger charge is 2.22. The van der Waals surface area contributed by atoms with Crippen molar-refractivity contribution < 1.29 is 9.53 Å². The van der Waals surface area contributed by atoms with Crippen LogP contribution in [0.15, 0.2) is 30.5 Å². The van der Waals surface area contributed by atoms with Crippen LogP contribution in [0.25, 0.3) is 21.9 Å². The fourth-order valence-electron chi connectivity index (χ4n) is 2.50. The molecule has 2 heterocycles. The van der Waals surface area contributed by atoms with E-state index in [-0.39, 0.29) is 11.9 Å². The Morgan fingerprint density at radius 1 is 1.38 bits per heavy atom. The van der Waals surface area contributed by atoms with Gasteiger partial charge in [-0.25, -0.2) is 9.78 Å². The molecule has 0 radical (unpaired) electrons. The maximum atomic E-state index is 12.0. The van der Waals surface area contributed by atoms with Gasteiger partial charge in [0.25, 0.3) is 0 Å². The fraction of sp³-hybridized carbons (Fsp3) is 0.267. The molecule has 0 amide bonds. The van der Waals surface area contributed by atoms with Crippen LogP contribution in [0.5, 0.6) is 0 Å². The van der Waals surface area contributed by atoms with Crippen molar-refractivity contribution in [3.05, 3.63) is 30.5 Å². The molecule has 6 nitrogen and oxygen atoms in total. The minimum Gasteiger partial charge on any atom is -0.464 e. The number of nitrogens with two attached hydrogens (primary N) is 1. The molecule has 2 aromatic heterocycles. The highest BCUT2D eigenvalue weighted by atomic mass is 16.5. The van der Waals surface area contributed by atoms with Gasteiger partial charge < -0.3 is 10.5 Å². The molecule has 1 unspecified atom stereocenters. The Hall–Kier alpha value is -2.63. The Labute approximate surface area is 121 Å². The SMILES string of the molecule is CCOC(=O)C(C)n1c(N)nc2cnc3ccccc3c21. The number of ether oxygens (including phenoxy) is 1. The summed E-state index contributed by atoms with van der Waals surface area (Å²) in [5.74, 6) is -0.0481. The molecule has 0 aliphatic rings. The summed E-state index contributed by atoms with van der Waals surface area (Å²) in [6, 6.07) is 7.16. The molecule has 1 atom stereocenters. The lowest BCUT2D eigenvalue weighted by atomic mass is 10.2. The number of benzene rings is 1. The van der Waals surface area contributed by atoms with Crippen LogP contribution < -0.4 is 5.73 Å². The van der Waals surface area contributed by atoms with Gasteiger partial charge in [-0.3, -0.25) is 9.55 Å². The number of hydrogen-bond acceptors (Lipinski definition) is 5. The predicted molar refractivity (Wildman–Crippen MR) is 80.8 cm³/mol. The number of esters is 1. The summed E-state index contributed by atoms with van der Waals surface area (Å²) in [7, 11) is 0. The van der Waals surface area contributed by atoms with Crippen LogP contribution in [0.2, 0.25) is 0 Å². The van der Waals surface area contributed by atoms with Crippen LogP contribution in [0.1, 0.15) is 19.9 Å². The zero-order valence-electron chi connectivity index (χ0n) is 11.9. The van der Waals surface area contributed by atoms with Crippen LogP contribution >= 0.6 is 0 Å². The Kier molecular flexibility index (Phi) is 3.21. The van der Waals surface area contributed by atoms with Gasteiger partial charge in [0.05, 0.1) is 23.8 Å². The van der Waals surface area contributed by atoms with Gasteiger partial charge in [-0.15, -0.1) is 0 Å². The third-order valence-corrected chi connectivity index (χ3v) is 3.47. The number of carbonyl (C=O) groups is 1. The molecule has 0 spiro atoms. The first-order valence-electron chi connectivity index (χ1n) is 6.81. The smallest absolute Gasteiger partial charge is 0.328 e.